The summed E-state index contributed by atoms with van der Waals surface area (Å²) in [6.07, 6.45) is -3.12. The van der Waals surface area contributed by atoms with Gasteiger partial charge in [0.05, 0.1) is 6.61 Å². The third kappa shape index (κ3) is 1.95. The van der Waals surface area contributed by atoms with Crippen molar-refractivity contribution in [2.24, 2.45) is 0 Å². The van der Waals surface area contributed by atoms with Gasteiger partial charge in [-0.3, -0.25) is 20.2 Å². The van der Waals surface area contributed by atoms with Gasteiger partial charge in [-0.25, -0.2) is 4.74 Å². The molecule has 0 heterocycles. The van der Waals surface area contributed by atoms with Crippen LogP contribution in [-0.2, 0) is 4.74 Å². The average Bonchev–Trinajstić information content (AvgIpc) is 1.99. The van der Waals surface area contributed by atoms with Crippen LogP contribution in [0.25, 0.3) is 0 Å². The van der Waals surface area contributed by atoms with Crippen LogP contribution >= 0.6 is 0 Å². The van der Waals surface area contributed by atoms with E-state index in [2.05, 4.69) is 11.3 Å². The molecule has 0 N–H and O–H groups in total. The number of nitrogens with zero attached hydrogens (tertiary/aromatic N) is 2. The van der Waals surface area contributed by atoms with E-state index in [4.69, 9.17) is 0 Å². The second-order valence-electron chi connectivity index (χ2n) is 1.64. The van der Waals surface area contributed by atoms with E-state index in [0.29, 0.717) is 0 Å². The van der Waals surface area contributed by atoms with Crippen molar-refractivity contribution in [1.82, 2.24) is 0 Å². The summed E-state index contributed by atoms with van der Waals surface area (Å²) < 4.78 is 16.3. The Kier molecular flexibility index (Phi) is 3.23. The molecule has 0 aliphatic heterocycles. The highest BCUT2D eigenvalue weighted by Gasteiger charge is 2.61. The van der Waals surface area contributed by atoms with E-state index in [9.17, 15) is 24.6 Å². The standard InChI is InChI=1S/C4H5FN2O5/c1-2-3-12-4(5,6(8)9)7(10)11/h2H,1,3H2. The van der Waals surface area contributed by atoms with Gasteiger partial charge in [0, 0.05) is 0 Å². The van der Waals surface area contributed by atoms with Crippen LogP contribution in [0.15, 0.2) is 12.7 Å². The number of nitro groups is 2. The minimum absolute atomic E-state index is 0.613. The van der Waals surface area contributed by atoms with Crippen molar-refractivity contribution < 1.29 is 19.0 Å². The van der Waals surface area contributed by atoms with Crippen LogP contribution < -0.4 is 0 Å². The summed E-state index contributed by atoms with van der Waals surface area (Å²) in [5.74, 6) is 0. The lowest BCUT2D eigenvalue weighted by molar-refractivity contribution is -0.885. The fourth-order valence-corrected chi connectivity index (χ4v) is 0.337. The number of rotatable bonds is 5. The topological polar surface area (TPSA) is 95.5 Å². The highest BCUT2D eigenvalue weighted by molar-refractivity contribution is 4.64. The molecule has 0 aromatic heterocycles. The van der Waals surface area contributed by atoms with Gasteiger partial charge in [0.15, 0.2) is 9.85 Å². The summed E-state index contributed by atoms with van der Waals surface area (Å²) in [7, 11) is 0. The Morgan fingerprint density at radius 1 is 1.50 bits per heavy atom. The molecule has 0 saturated heterocycles. The molecule has 0 aromatic carbocycles. The minimum atomic E-state index is -4.08. The van der Waals surface area contributed by atoms with E-state index in [-0.39, 0.29) is 0 Å². The van der Waals surface area contributed by atoms with Gasteiger partial charge in [-0.05, 0) is 0 Å². The highest BCUT2D eigenvalue weighted by Crippen LogP contribution is 2.14. The van der Waals surface area contributed by atoms with Crippen molar-refractivity contribution in [1.29, 1.82) is 0 Å². The number of hydrogen-bond acceptors (Lipinski definition) is 5. The molecule has 8 heteroatoms. The molecule has 0 unspecified atom stereocenters. The van der Waals surface area contributed by atoms with Gasteiger partial charge >= 0.3 is 6.10 Å². The maximum Gasteiger partial charge on any atom is 0.757 e. The van der Waals surface area contributed by atoms with E-state index in [0.717, 1.165) is 6.08 Å². The van der Waals surface area contributed by atoms with Gasteiger partial charge in [-0.15, -0.1) is 6.58 Å². The van der Waals surface area contributed by atoms with E-state index >= 15 is 0 Å². The van der Waals surface area contributed by atoms with Crippen molar-refractivity contribution in [2.45, 2.75) is 6.10 Å². The lowest BCUT2D eigenvalue weighted by Crippen LogP contribution is -2.44. The summed E-state index contributed by atoms with van der Waals surface area (Å²) in [6.45, 7) is 2.43. The van der Waals surface area contributed by atoms with Gasteiger partial charge in [0.2, 0.25) is 0 Å². The number of hydrogen-bond donors (Lipinski definition) is 0. The lowest BCUT2D eigenvalue weighted by Gasteiger charge is -2.04. The smallest absolute Gasteiger partial charge is 0.254 e. The van der Waals surface area contributed by atoms with Crippen LogP contribution in [0.2, 0.25) is 0 Å². The molecule has 0 radical (unpaired) electrons. The van der Waals surface area contributed by atoms with Crippen LogP contribution in [0, 0.1) is 20.2 Å². The van der Waals surface area contributed by atoms with Gasteiger partial charge < -0.3 is 0 Å². The van der Waals surface area contributed by atoms with Gasteiger partial charge in [-0.1, -0.05) is 10.5 Å². The van der Waals surface area contributed by atoms with E-state index in [1.165, 1.54) is 0 Å². The maximum absolute atomic E-state index is 12.6. The highest BCUT2D eigenvalue weighted by atomic mass is 19.2. The predicted octanol–water partition coefficient (Wildman–Crippen LogP) is 0.323. The molecule has 0 spiro atoms. The van der Waals surface area contributed by atoms with E-state index < -0.39 is 22.6 Å². The Balaban J connectivity index is 4.50. The summed E-state index contributed by atoms with van der Waals surface area (Å²) >= 11 is 0. The summed E-state index contributed by atoms with van der Waals surface area (Å²) in [4.78, 5) is 16.1. The molecule has 0 aromatic rings. The number of ether oxygens (including phenoxy) is 1. The van der Waals surface area contributed by atoms with E-state index in [1.807, 2.05) is 0 Å². The van der Waals surface area contributed by atoms with Gasteiger partial charge in [0.25, 0.3) is 0 Å². The summed E-state index contributed by atoms with van der Waals surface area (Å²) in [5.41, 5.74) is 0. The van der Waals surface area contributed by atoms with Crippen molar-refractivity contribution in [3.8, 4) is 0 Å². The van der Waals surface area contributed by atoms with Gasteiger partial charge in [0.1, 0.15) is 0 Å². The van der Waals surface area contributed by atoms with Crippen LogP contribution in [0.5, 0.6) is 0 Å². The zero-order valence-electron chi connectivity index (χ0n) is 5.81. The lowest BCUT2D eigenvalue weighted by atomic mass is 10.7. The van der Waals surface area contributed by atoms with E-state index in [1.54, 1.807) is 0 Å². The van der Waals surface area contributed by atoms with Crippen LogP contribution in [0.3, 0.4) is 0 Å². The molecule has 0 atom stereocenters. The van der Waals surface area contributed by atoms with Crippen molar-refractivity contribution in [3.63, 3.8) is 0 Å². The van der Waals surface area contributed by atoms with Crippen molar-refractivity contribution in [3.05, 3.63) is 32.9 Å². The number of halogens is 1. The number of alkyl halides is 1. The predicted molar refractivity (Wildman–Crippen MR) is 34.0 cm³/mol. The SMILES string of the molecule is C=CCOC(F)([N+](=O)[O-])[N+](=O)[O-]. The first-order valence-electron chi connectivity index (χ1n) is 2.68. The third-order valence-electron chi connectivity index (χ3n) is 0.835. The Hall–Kier alpha value is -1.57. The second-order valence-corrected chi connectivity index (χ2v) is 1.64. The van der Waals surface area contributed by atoms with Crippen LogP contribution in [-0.4, -0.2) is 22.6 Å². The Labute approximate surface area is 65.7 Å². The Morgan fingerprint density at radius 2 is 1.92 bits per heavy atom. The molecule has 7 nitrogen and oxygen atoms in total. The third-order valence-corrected chi connectivity index (χ3v) is 0.835. The van der Waals surface area contributed by atoms with Crippen LogP contribution in [0.4, 0.5) is 4.39 Å². The van der Waals surface area contributed by atoms with Crippen molar-refractivity contribution in [2.75, 3.05) is 6.61 Å². The summed E-state index contributed by atoms with van der Waals surface area (Å²) in [6, 6.07) is 0. The molecular weight excluding hydrogens is 175 g/mol. The molecule has 68 valence electrons. The second kappa shape index (κ2) is 3.72. The largest absolute Gasteiger partial charge is 0.757 e. The molecule has 0 aliphatic rings. The molecule has 0 saturated carbocycles. The zero-order chi connectivity index (χ0) is 9.78. The quantitative estimate of drug-likeness (QED) is 0.199. The first kappa shape index (κ1) is 10.4. The Bertz CT molecular complexity index is 203. The zero-order valence-corrected chi connectivity index (χ0v) is 5.81. The molecule has 0 rings (SSSR count). The monoisotopic (exact) mass is 180 g/mol. The minimum Gasteiger partial charge on any atom is -0.254 e. The van der Waals surface area contributed by atoms with Gasteiger partial charge in [-0.2, -0.15) is 0 Å². The fraction of sp³-hybridized carbons (Fsp3) is 0.500. The Morgan fingerprint density at radius 3 is 2.17 bits per heavy atom. The molecule has 0 bridgehead atoms. The molecule has 0 fully saturated rings. The van der Waals surface area contributed by atoms with Crippen molar-refractivity contribution >= 4 is 0 Å². The average molecular weight is 180 g/mol. The molecular formula is C4H5FN2O5. The first-order chi connectivity index (χ1) is 5.45. The normalized spacial score (nSPS) is 10.8. The fourth-order valence-electron chi connectivity index (χ4n) is 0.337. The first-order valence-corrected chi connectivity index (χ1v) is 2.68. The molecule has 12 heavy (non-hydrogen) atoms. The molecule has 0 amide bonds. The van der Waals surface area contributed by atoms with Crippen LogP contribution in [0.1, 0.15) is 0 Å². The maximum atomic E-state index is 12.6. The summed E-state index contributed by atoms with van der Waals surface area (Å²) in [5, 5.41) is 19.6. The molecule has 0 aliphatic carbocycles.